The molecule has 0 aliphatic carbocycles. The van der Waals surface area contributed by atoms with Crippen LogP contribution in [0.2, 0.25) is 0 Å². The molecule has 0 radical (unpaired) electrons. The lowest BCUT2D eigenvalue weighted by Gasteiger charge is -1.99. The van der Waals surface area contributed by atoms with Crippen LogP contribution in [0.25, 0.3) is 6.08 Å². The van der Waals surface area contributed by atoms with Crippen LogP contribution in [0.3, 0.4) is 0 Å². The van der Waals surface area contributed by atoms with Crippen LogP contribution < -0.4 is 0 Å². The Morgan fingerprint density at radius 1 is 1.46 bits per heavy atom. The molecule has 0 saturated carbocycles. The van der Waals surface area contributed by atoms with Crippen LogP contribution in [0.15, 0.2) is 24.8 Å². The minimum absolute atomic E-state index is 0.0144. The predicted molar refractivity (Wildman–Crippen MR) is 48.9 cm³/mol. The van der Waals surface area contributed by atoms with Crippen molar-refractivity contribution in [3.63, 3.8) is 0 Å². The van der Waals surface area contributed by atoms with Gasteiger partial charge in [-0.25, -0.2) is 4.79 Å². The van der Waals surface area contributed by atoms with Gasteiger partial charge in [-0.3, -0.25) is 4.79 Å². The highest BCUT2D eigenvalue weighted by Gasteiger charge is 2.08. The average molecular weight is 176 g/mol. The van der Waals surface area contributed by atoms with E-state index in [1.807, 2.05) is 0 Å². The zero-order chi connectivity index (χ0) is 9.84. The third-order valence-electron chi connectivity index (χ3n) is 1.67. The smallest absolute Gasteiger partial charge is 0.336 e. The summed E-state index contributed by atoms with van der Waals surface area (Å²) in [6.45, 7) is 3.52. The van der Waals surface area contributed by atoms with Crippen molar-refractivity contribution in [1.82, 2.24) is 0 Å². The van der Waals surface area contributed by atoms with Gasteiger partial charge in [-0.15, -0.1) is 0 Å². The summed E-state index contributed by atoms with van der Waals surface area (Å²) in [6, 6.07) is 4.48. The molecule has 1 aromatic carbocycles. The van der Waals surface area contributed by atoms with Crippen molar-refractivity contribution in [1.29, 1.82) is 0 Å². The summed E-state index contributed by atoms with van der Waals surface area (Å²) in [5, 5.41) is 8.68. The Bertz CT molecular complexity index is 366. The fraction of sp³-hybridized carbons (Fsp3) is 0. The lowest BCUT2D eigenvalue weighted by atomic mass is 10.1. The van der Waals surface area contributed by atoms with Crippen molar-refractivity contribution in [3.8, 4) is 0 Å². The molecular weight excluding hydrogens is 168 g/mol. The van der Waals surface area contributed by atoms with Crippen LogP contribution in [-0.2, 0) is 0 Å². The van der Waals surface area contributed by atoms with E-state index in [4.69, 9.17) is 5.11 Å². The van der Waals surface area contributed by atoms with Crippen molar-refractivity contribution in [2.24, 2.45) is 0 Å². The summed E-state index contributed by atoms with van der Waals surface area (Å²) in [7, 11) is 0. The number of aromatic carboxylic acids is 1. The molecular formula is C10H8O3. The summed E-state index contributed by atoms with van der Waals surface area (Å²) in [5.74, 6) is -1.10. The zero-order valence-electron chi connectivity index (χ0n) is 6.86. The predicted octanol–water partition coefficient (Wildman–Crippen LogP) is 1.84. The lowest BCUT2D eigenvalue weighted by Crippen LogP contribution is -2.01. The van der Waals surface area contributed by atoms with Gasteiger partial charge < -0.3 is 5.11 Å². The summed E-state index contributed by atoms with van der Waals surface area (Å²) < 4.78 is 0. The quantitative estimate of drug-likeness (QED) is 0.715. The first-order valence-corrected chi connectivity index (χ1v) is 3.64. The van der Waals surface area contributed by atoms with Gasteiger partial charge in [-0.2, -0.15) is 0 Å². The third-order valence-corrected chi connectivity index (χ3v) is 1.67. The average Bonchev–Trinajstić information content (AvgIpc) is 2.16. The van der Waals surface area contributed by atoms with Gasteiger partial charge in [0.1, 0.15) is 0 Å². The van der Waals surface area contributed by atoms with Crippen LogP contribution in [0, 0.1) is 0 Å². The highest BCUT2D eigenvalue weighted by atomic mass is 16.4. The number of rotatable bonds is 3. The molecule has 0 atom stereocenters. The Hall–Kier alpha value is -1.90. The molecule has 0 aromatic heterocycles. The fourth-order valence-corrected chi connectivity index (χ4v) is 1.00. The van der Waals surface area contributed by atoms with Crippen LogP contribution in [0.1, 0.15) is 26.3 Å². The minimum atomic E-state index is -1.10. The zero-order valence-corrected chi connectivity index (χ0v) is 6.86. The maximum Gasteiger partial charge on any atom is 0.336 e. The van der Waals surface area contributed by atoms with E-state index in [1.54, 1.807) is 12.1 Å². The maximum atomic E-state index is 10.6. The van der Waals surface area contributed by atoms with Crippen molar-refractivity contribution in [2.45, 2.75) is 0 Å². The summed E-state index contributed by atoms with van der Waals surface area (Å²) >= 11 is 0. The summed E-state index contributed by atoms with van der Waals surface area (Å²) in [6.07, 6.45) is 2.08. The van der Waals surface area contributed by atoms with E-state index in [2.05, 4.69) is 6.58 Å². The van der Waals surface area contributed by atoms with E-state index in [0.717, 1.165) is 5.56 Å². The SMILES string of the molecule is C=Cc1ccc(C(=O)O)c(C=O)c1. The molecule has 0 aliphatic rings. The molecule has 1 N–H and O–H groups in total. The fourth-order valence-electron chi connectivity index (χ4n) is 1.00. The topological polar surface area (TPSA) is 54.4 Å². The molecule has 1 rings (SSSR count). The number of carbonyl (C=O) groups excluding carboxylic acids is 1. The van der Waals surface area contributed by atoms with Gasteiger partial charge in [0.25, 0.3) is 0 Å². The second-order valence-electron chi connectivity index (χ2n) is 2.47. The lowest BCUT2D eigenvalue weighted by molar-refractivity contribution is 0.0694. The molecule has 13 heavy (non-hydrogen) atoms. The van der Waals surface area contributed by atoms with E-state index in [9.17, 15) is 9.59 Å². The van der Waals surface area contributed by atoms with E-state index in [-0.39, 0.29) is 11.1 Å². The van der Waals surface area contributed by atoms with E-state index in [0.29, 0.717) is 6.29 Å². The molecule has 0 saturated heterocycles. The van der Waals surface area contributed by atoms with Crippen molar-refractivity contribution in [3.05, 3.63) is 41.5 Å². The number of hydrogen-bond acceptors (Lipinski definition) is 2. The molecule has 66 valence electrons. The molecule has 0 spiro atoms. The number of carboxylic acids is 1. The number of carbonyl (C=O) groups is 2. The van der Waals surface area contributed by atoms with Gasteiger partial charge in [0, 0.05) is 5.56 Å². The first kappa shape index (κ1) is 9.19. The second kappa shape index (κ2) is 3.67. The first-order valence-electron chi connectivity index (χ1n) is 3.64. The largest absolute Gasteiger partial charge is 0.478 e. The van der Waals surface area contributed by atoms with Gasteiger partial charge in [-0.1, -0.05) is 18.7 Å². The van der Waals surface area contributed by atoms with Crippen molar-refractivity contribution >= 4 is 18.3 Å². The van der Waals surface area contributed by atoms with Crippen molar-refractivity contribution < 1.29 is 14.7 Å². The molecule has 3 nitrogen and oxygen atoms in total. The maximum absolute atomic E-state index is 10.6. The molecule has 3 heteroatoms. The molecule has 0 bridgehead atoms. The Kier molecular flexibility index (Phi) is 2.59. The van der Waals surface area contributed by atoms with Crippen LogP contribution in [-0.4, -0.2) is 17.4 Å². The number of benzene rings is 1. The second-order valence-corrected chi connectivity index (χ2v) is 2.47. The van der Waals surface area contributed by atoms with Crippen LogP contribution in [0.5, 0.6) is 0 Å². The molecule has 0 amide bonds. The standard InChI is InChI=1S/C10H8O3/c1-2-7-3-4-9(10(12)13)8(5-7)6-11/h2-6H,1H2,(H,12,13). The van der Waals surface area contributed by atoms with Crippen LogP contribution >= 0.6 is 0 Å². The van der Waals surface area contributed by atoms with Gasteiger partial charge >= 0.3 is 5.97 Å². The summed E-state index contributed by atoms with van der Waals surface area (Å²) in [4.78, 5) is 21.1. The van der Waals surface area contributed by atoms with E-state index >= 15 is 0 Å². The highest BCUT2D eigenvalue weighted by Crippen LogP contribution is 2.11. The van der Waals surface area contributed by atoms with Gasteiger partial charge in [0.05, 0.1) is 5.56 Å². The van der Waals surface area contributed by atoms with Crippen LogP contribution in [0.4, 0.5) is 0 Å². The molecule has 1 aromatic rings. The first-order chi connectivity index (χ1) is 6.19. The Labute approximate surface area is 75.3 Å². The monoisotopic (exact) mass is 176 g/mol. The molecule has 0 fully saturated rings. The molecule has 0 heterocycles. The minimum Gasteiger partial charge on any atom is -0.478 e. The van der Waals surface area contributed by atoms with Crippen molar-refractivity contribution in [2.75, 3.05) is 0 Å². The summed E-state index contributed by atoms with van der Waals surface area (Å²) in [5.41, 5.74) is 0.914. The normalized spacial score (nSPS) is 9.23. The highest BCUT2D eigenvalue weighted by molar-refractivity contribution is 5.97. The Morgan fingerprint density at radius 3 is 2.62 bits per heavy atom. The Morgan fingerprint density at radius 2 is 2.15 bits per heavy atom. The molecule has 0 aliphatic heterocycles. The number of aldehydes is 1. The number of hydrogen-bond donors (Lipinski definition) is 1. The number of carboxylic acid groups (broad SMARTS) is 1. The Balaban J connectivity index is 3.31. The molecule has 0 unspecified atom stereocenters. The van der Waals surface area contributed by atoms with E-state index in [1.165, 1.54) is 12.1 Å². The van der Waals surface area contributed by atoms with E-state index < -0.39 is 5.97 Å². The third kappa shape index (κ3) is 1.82. The van der Waals surface area contributed by atoms with Gasteiger partial charge in [-0.05, 0) is 17.7 Å². The van der Waals surface area contributed by atoms with Gasteiger partial charge in [0.2, 0.25) is 0 Å². The van der Waals surface area contributed by atoms with Gasteiger partial charge in [0.15, 0.2) is 6.29 Å².